The second kappa shape index (κ2) is 8.81. The lowest BCUT2D eigenvalue weighted by Crippen LogP contribution is -2.33. The Labute approximate surface area is 172 Å². The first-order chi connectivity index (χ1) is 14.6. The Morgan fingerprint density at radius 2 is 2.10 bits per heavy atom. The molecule has 0 fully saturated rings. The molecule has 0 aliphatic rings. The second-order valence-corrected chi connectivity index (χ2v) is 6.45. The molecule has 0 aliphatic heterocycles. The molecule has 1 amide bonds. The lowest BCUT2D eigenvalue weighted by Gasteiger charge is -2.17. The molecule has 0 saturated carbocycles. The summed E-state index contributed by atoms with van der Waals surface area (Å²) in [4.78, 5) is 16.7. The lowest BCUT2D eigenvalue weighted by atomic mass is 10.1. The van der Waals surface area contributed by atoms with E-state index >= 15 is 0 Å². The number of hydrogen-bond acceptors (Lipinski definition) is 7. The van der Waals surface area contributed by atoms with Gasteiger partial charge in [0.25, 0.3) is 5.91 Å². The zero-order chi connectivity index (χ0) is 22.8. The van der Waals surface area contributed by atoms with Crippen LogP contribution in [-0.4, -0.2) is 44.3 Å². The van der Waals surface area contributed by atoms with Crippen LogP contribution in [0.25, 0.3) is 11.4 Å². The van der Waals surface area contributed by atoms with E-state index in [1.807, 2.05) is 0 Å². The van der Waals surface area contributed by atoms with E-state index in [1.165, 1.54) is 38.4 Å². The topological polar surface area (TPSA) is 115 Å². The third kappa shape index (κ3) is 5.24. The van der Waals surface area contributed by atoms with E-state index in [2.05, 4.69) is 20.6 Å². The summed E-state index contributed by atoms with van der Waals surface area (Å²) in [5, 5.41) is 19.2. The monoisotopic (exact) mass is 443 g/mol. The van der Waals surface area contributed by atoms with Crippen molar-refractivity contribution in [3.05, 3.63) is 53.4 Å². The zero-order valence-corrected chi connectivity index (χ0v) is 16.2. The van der Waals surface area contributed by atoms with Crippen LogP contribution in [0, 0.1) is 5.82 Å². The number of nitrogens with one attached hydrogen (secondary N) is 1. The highest BCUT2D eigenvalue weighted by molar-refractivity contribution is 5.92. The van der Waals surface area contributed by atoms with Crippen LogP contribution in [-0.2, 0) is 18.0 Å². The highest BCUT2D eigenvalue weighted by Crippen LogP contribution is 2.29. The summed E-state index contributed by atoms with van der Waals surface area (Å²) >= 11 is 0. The van der Waals surface area contributed by atoms with Gasteiger partial charge in [-0.3, -0.25) is 9.48 Å². The van der Waals surface area contributed by atoms with Gasteiger partial charge < -0.3 is 19.7 Å². The minimum Gasteiger partial charge on any atom is -0.368 e. The molecular formula is C18H17F4N5O4. The first-order valence-corrected chi connectivity index (χ1v) is 8.81. The van der Waals surface area contributed by atoms with Gasteiger partial charge in [-0.25, -0.2) is 4.39 Å². The first kappa shape index (κ1) is 22.4. The molecule has 13 heteroatoms. The maximum atomic E-state index is 13.4. The number of aliphatic hydroxyl groups is 1. The van der Waals surface area contributed by atoms with Crippen molar-refractivity contribution in [2.45, 2.75) is 24.9 Å². The number of rotatable bonds is 7. The molecule has 0 spiro atoms. The van der Waals surface area contributed by atoms with E-state index in [1.54, 1.807) is 0 Å². The quantitative estimate of drug-likeness (QED) is 0.426. The van der Waals surface area contributed by atoms with E-state index in [-0.39, 0.29) is 23.8 Å². The summed E-state index contributed by atoms with van der Waals surface area (Å²) in [6.45, 7) is 0. The Hall–Kier alpha value is -3.32. The molecule has 9 nitrogen and oxygen atoms in total. The molecule has 2 N–H and O–H groups in total. The molecule has 2 aromatic heterocycles. The van der Waals surface area contributed by atoms with Gasteiger partial charge in [0, 0.05) is 32.2 Å². The summed E-state index contributed by atoms with van der Waals surface area (Å²) in [6, 6.07) is 4.83. The first-order valence-electron chi connectivity index (χ1n) is 8.81. The van der Waals surface area contributed by atoms with Gasteiger partial charge in [0.05, 0.1) is 0 Å². The van der Waals surface area contributed by atoms with Crippen LogP contribution in [0.15, 0.2) is 34.9 Å². The number of aliphatic hydroxyl groups excluding tert-OH is 1. The van der Waals surface area contributed by atoms with Crippen molar-refractivity contribution in [1.29, 1.82) is 0 Å². The number of alkyl halides is 3. The highest BCUT2D eigenvalue weighted by Gasteiger charge is 2.36. The van der Waals surface area contributed by atoms with Gasteiger partial charge in [-0.15, -0.1) is 0 Å². The Bertz CT molecular complexity index is 1070. The van der Waals surface area contributed by atoms with Crippen LogP contribution < -0.4 is 5.32 Å². The van der Waals surface area contributed by atoms with Crippen molar-refractivity contribution in [2.24, 2.45) is 7.05 Å². The predicted molar refractivity (Wildman–Crippen MR) is 95.7 cm³/mol. The number of benzene rings is 1. The summed E-state index contributed by atoms with van der Waals surface area (Å²) in [7, 11) is 2.39. The Balaban J connectivity index is 1.87. The number of hydrogen-bond donors (Lipinski definition) is 2. The maximum Gasteiger partial charge on any atom is 0.435 e. The fourth-order valence-corrected chi connectivity index (χ4v) is 2.69. The fourth-order valence-electron chi connectivity index (χ4n) is 2.69. The maximum absolute atomic E-state index is 13.4. The van der Waals surface area contributed by atoms with E-state index in [0.717, 1.165) is 4.68 Å². The van der Waals surface area contributed by atoms with Crippen molar-refractivity contribution < 1.29 is 36.7 Å². The number of halogens is 4. The third-order valence-electron chi connectivity index (χ3n) is 4.24. The number of nitrogens with zero attached hydrogens (tertiary/aromatic N) is 4. The van der Waals surface area contributed by atoms with E-state index in [4.69, 9.17) is 9.26 Å². The van der Waals surface area contributed by atoms with Gasteiger partial charge in [0.1, 0.15) is 17.6 Å². The van der Waals surface area contributed by atoms with E-state index in [0.29, 0.717) is 11.6 Å². The number of carbonyl (C=O) groups is 1. The van der Waals surface area contributed by atoms with Crippen LogP contribution in [0.1, 0.15) is 34.5 Å². The zero-order valence-electron chi connectivity index (χ0n) is 16.2. The minimum absolute atomic E-state index is 0.0144. The number of aryl methyl sites for hydroxylation is 1. The van der Waals surface area contributed by atoms with E-state index < -0.39 is 35.9 Å². The van der Waals surface area contributed by atoms with E-state index in [9.17, 15) is 27.5 Å². The van der Waals surface area contributed by atoms with Crippen LogP contribution in [0.2, 0.25) is 0 Å². The largest absolute Gasteiger partial charge is 0.435 e. The summed E-state index contributed by atoms with van der Waals surface area (Å²) < 4.78 is 62.7. The summed E-state index contributed by atoms with van der Waals surface area (Å²) in [5.41, 5.74) is -1.32. The number of methoxy groups -OCH3 is 1. The molecule has 3 aromatic rings. The molecule has 2 unspecified atom stereocenters. The smallest absolute Gasteiger partial charge is 0.368 e. The minimum atomic E-state index is -4.73. The molecule has 0 bridgehead atoms. The molecular weight excluding hydrogens is 426 g/mol. The average molecular weight is 443 g/mol. The SMILES string of the molecule is COC(O)CC(NC(=O)c1cc(C(F)(F)F)nn1C)c1nc(-c2cccc(F)c2)no1. The molecule has 31 heavy (non-hydrogen) atoms. The number of amides is 1. The lowest BCUT2D eigenvalue weighted by molar-refractivity contribution is -0.141. The molecule has 1 aromatic carbocycles. The Morgan fingerprint density at radius 1 is 1.35 bits per heavy atom. The summed E-state index contributed by atoms with van der Waals surface area (Å²) in [5.74, 6) is -1.60. The van der Waals surface area contributed by atoms with Crippen molar-refractivity contribution in [1.82, 2.24) is 25.2 Å². The number of carbonyl (C=O) groups excluding carboxylic acids is 1. The molecule has 0 saturated heterocycles. The van der Waals surface area contributed by atoms with Crippen LogP contribution >= 0.6 is 0 Å². The molecule has 2 atom stereocenters. The van der Waals surface area contributed by atoms with Crippen molar-refractivity contribution in [3.63, 3.8) is 0 Å². The van der Waals surface area contributed by atoms with Crippen molar-refractivity contribution in [3.8, 4) is 11.4 Å². The molecule has 0 radical (unpaired) electrons. The Morgan fingerprint density at radius 3 is 2.71 bits per heavy atom. The van der Waals surface area contributed by atoms with Gasteiger partial charge in [0.15, 0.2) is 12.0 Å². The van der Waals surface area contributed by atoms with Crippen LogP contribution in [0.4, 0.5) is 17.6 Å². The Kier molecular flexibility index (Phi) is 6.36. The van der Waals surface area contributed by atoms with Crippen LogP contribution in [0.5, 0.6) is 0 Å². The highest BCUT2D eigenvalue weighted by atomic mass is 19.4. The molecule has 3 rings (SSSR count). The fraction of sp³-hybridized carbons (Fsp3) is 0.333. The van der Waals surface area contributed by atoms with Gasteiger partial charge in [-0.2, -0.15) is 23.3 Å². The molecule has 166 valence electrons. The summed E-state index contributed by atoms with van der Waals surface area (Å²) in [6.07, 6.45) is -6.34. The molecule has 2 heterocycles. The molecule has 0 aliphatic carbocycles. The van der Waals surface area contributed by atoms with Crippen molar-refractivity contribution >= 4 is 5.91 Å². The standard InChI is InChI=1S/C18H17F4N5O4/c1-27-12(8-13(25-27)18(20,21)22)16(29)23-11(7-14(28)30-2)17-24-15(26-31-17)9-4-3-5-10(19)6-9/h3-6,8,11,14,28H,7H2,1-2H3,(H,23,29). The van der Waals surface area contributed by atoms with Gasteiger partial charge in [0.2, 0.25) is 11.7 Å². The van der Waals surface area contributed by atoms with Gasteiger partial charge in [-0.1, -0.05) is 17.3 Å². The van der Waals surface area contributed by atoms with Gasteiger partial charge >= 0.3 is 6.18 Å². The normalized spacial score (nSPS) is 13.8. The number of ether oxygens (including phenoxy) is 1. The third-order valence-corrected chi connectivity index (χ3v) is 4.24. The second-order valence-electron chi connectivity index (χ2n) is 6.45. The van der Waals surface area contributed by atoms with Crippen molar-refractivity contribution in [2.75, 3.05) is 7.11 Å². The number of aromatic nitrogens is 4. The van der Waals surface area contributed by atoms with Gasteiger partial charge in [-0.05, 0) is 12.1 Å². The predicted octanol–water partition coefficient (Wildman–Crippen LogP) is 2.45. The average Bonchev–Trinajstić information content (AvgIpc) is 3.34. The van der Waals surface area contributed by atoms with Crippen LogP contribution in [0.3, 0.4) is 0 Å².